The number of amides is 2. The lowest BCUT2D eigenvalue weighted by Crippen LogP contribution is -2.32. The summed E-state index contributed by atoms with van der Waals surface area (Å²) in [7, 11) is 1.49. The van der Waals surface area contributed by atoms with Crippen molar-refractivity contribution >= 4 is 17.5 Å². The number of benzene rings is 2. The maximum atomic E-state index is 12.6. The summed E-state index contributed by atoms with van der Waals surface area (Å²) in [6.07, 6.45) is 1.81. The molecular formula is C21H26N2O4. The Kier molecular flexibility index (Phi) is 7.23. The van der Waals surface area contributed by atoms with Gasteiger partial charge in [-0.2, -0.15) is 0 Å². The Balaban J connectivity index is 2.11. The molecule has 0 aliphatic rings. The van der Waals surface area contributed by atoms with Crippen LogP contribution in [0, 0.1) is 0 Å². The molecule has 0 aliphatic heterocycles. The fraction of sp³-hybridized carbons (Fsp3) is 0.333. The number of phenols is 1. The maximum absolute atomic E-state index is 12.6. The van der Waals surface area contributed by atoms with E-state index in [0.717, 1.165) is 25.9 Å². The van der Waals surface area contributed by atoms with E-state index in [4.69, 9.17) is 4.74 Å². The topological polar surface area (TPSA) is 78.9 Å². The third kappa shape index (κ3) is 5.23. The summed E-state index contributed by atoms with van der Waals surface area (Å²) >= 11 is 0. The van der Waals surface area contributed by atoms with Crippen molar-refractivity contribution in [3.8, 4) is 11.5 Å². The molecule has 0 bridgehead atoms. The van der Waals surface area contributed by atoms with E-state index in [0.29, 0.717) is 17.0 Å². The molecule has 0 unspecified atom stereocenters. The van der Waals surface area contributed by atoms with Crippen molar-refractivity contribution in [3.05, 3.63) is 53.6 Å². The Morgan fingerprint density at radius 3 is 2.22 bits per heavy atom. The number of ether oxygens (including phenoxy) is 1. The minimum Gasteiger partial charge on any atom is -0.507 e. The van der Waals surface area contributed by atoms with Crippen LogP contribution in [-0.4, -0.2) is 42.0 Å². The number of methoxy groups -OCH3 is 1. The first kappa shape index (κ1) is 20.3. The molecule has 0 fully saturated rings. The van der Waals surface area contributed by atoms with Crippen LogP contribution in [0.15, 0.2) is 42.5 Å². The van der Waals surface area contributed by atoms with E-state index in [2.05, 4.69) is 5.32 Å². The summed E-state index contributed by atoms with van der Waals surface area (Å²) in [5.41, 5.74) is 1.24. The molecule has 0 aliphatic carbocycles. The monoisotopic (exact) mass is 370 g/mol. The van der Waals surface area contributed by atoms with Gasteiger partial charge in [-0.3, -0.25) is 9.59 Å². The number of phenolic OH excluding ortho intramolecular Hbond substituents is 1. The lowest BCUT2D eigenvalue weighted by atomic mass is 10.1. The Morgan fingerprint density at radius 1 is 1.04 bits per heavy atom. The van der Waals surface area contributed by atoms with Gasteiger partial charge in [0.05, 0.1) is 12.7 Å². The molecule has 0 radical (unpaired) electrons. The van der Waals surface area contributed by atoms with Crippen LogP contribution in [0.5, 0.6) is 11.5 Å². The summed E-state index contributed by atoms with van der Waals surface area (Å²) in [6.45, 7) is 5.53. The van der Waals surface area contributed by atoms with Gasteiger partial charge in [0.1, 0.15) is 11.5 Å². The second-order valence-corrected chi connectivity index (χ2v) is 6.21. The van der Waals surface area contributed by atoms with Crippen molar-refractivity contribution in [1.82, 2.24) is 4.90 Å². The van der Waals surface area contributed by atoms with Gasteiger partial charge >= 0.3 is 0 Å². The van der Waals surface area contributed by atoms with Gasteiger partial charge in [0.25, 0.3) is 11.8 Å². The minimum atomic E-state index is -0.455. The summed E-state index contributed by atoms with van der Waals surface area (Å²) in [4.78, 5) is 26.8. The zero-order valence-corrected chi connectivity index (χ0v) is 16.0. The Morgan fingerprint density at radius 2 is 1.67 bits per heavy atom. The summed E-state index contributed by atoms with van der Waals surface area (Å²) in [6, 6.07) is 11.2. The first-order valence-corrected chi connectivity index (χ1v) is 9.07. The highest BCUT2D eigenvalue weighted by Crippen LogP contribution is 2.24. The first-order chi connectivity index (χ1) is 13.0. The molecule has 0 aromatic heterocycles. The number of hydrogen-bond donors (Lipinski definition) is 2. The van der Waals surface area contributed by atoms with E-state index in [1.807, 2.05) is 18.7 Å². The van der Waals surface area contributed by atoms with Gasteiger partial charge in [-0.05, 0) is 55.3 Å². The van der Waals surface area contributed by atoms with Crippen molar-refractivity contribution in [1.29, 1.82) is 0 Å². The number of anilines is 1. The molecule has 6 nitrogen and oxygen atoms in total. The standard InChI is InChI=1S/C21H26N2O4/c1-4-12-23(13-5-2)21(26)15-6-8-16(9-7-15)22-20(25)18-14-17(27-3)10-11-19(18)24/h6-11,14,24H,4-5,12-13H2,1-3H3,(H,22,25). The number of carbonyl (C=O) groups excluding carboxylic acids is 2. The van der Waals surface area contributed by atoms with Crippen LogP contribution in [-0.2, 0) is 0 Å². The molecule has 2 amide bonds. The van der Waals surface area contributed by atoms with Crippen molar-refractivity contribution in [3.63, 3.8) is 0 Å². The zero-order valence-electron chi connectivity index (χ0n) is 16.0. The fourth-order valence-electron chi connectivity index (χ4n) is 2.76. The molecule has 0 heterocycles. The molecule has 6 heteroatoms. The molecule has 27 heavy (non-hydrogen) atoms. The van der Waals surface area contributed by atoms with Crippen molar-refractivity contribution < 1.29 is 19.4 Å². The van der Waals surface area contributed by atoms with Gasteiger partial charge < -0.3 is 20.1 Å². The van der Waals surface area contributed by atoms with E-state index >= 15 is 0 Å². The largest absolute Gasteiger partial charge is 0.507 e. The van der Waals surface area contributed by atoms with Gasteiger partial charge in [0.15, 0.2) is 0 Å². The van der Waals surface area contributed by atoms with Crippen LogP contribution in [0.1, 0.15) is 47.4 Å². The zero-order chi connectivity index (χ0) is 19.8. The Bertz CT molecular complexity index is 781. The number of hydrogen-bond acceptors (Lipinski definition) is 4. The van der Waals surface area contributed by atoms with Crippen LogP contribution in [0.25, 0.3) is 0 Å². The lowest BCUT2D eigenvalue weighted by molar-refractivity contribution is 0.0755. The average Bonchev–Trinajstić information content (AvgIpc) is 2.68. The average molecular weight is 370 g/mol. The number of carbonyl (C=O) groups is 2. The van der Waals surface area contributed by atoms with E-state index < -0.39 is 5.91 Å². The van der Waals surface area contributed by atoms with E-state index in [-0.39, 0.29) is 17.2 Å². The highest BCUT2D eigenvalue weighted by molar-refractivity contribution is 6.06. The van der Waals surface area contributed by atoms with Gasteiger partial charge in [-0.15, -0.1) is 0 Å². The highest BCUT2D eigenvalue weighted by atomic mass is 16.5. The first-order valence-electron chi connectivity index (χ1n) is 9.07. The summed E-state index contributed by atoms with van der Waals surface area (Å²) in [5, 5.41) is 12.6. The predicted molar refractivity (Wildman–Crippen MR) is 106 cm³/mol. The van der Waals surface area contributed by atoms with Crippen LogP contribution < -0.4 is 10.1 Å². The highest BCUT2D eigenvalue weighted by Gasteiger charge is 2.15. The van der Waals surface area contributed by atoms with E-state index in [1.165, 1.54) is 19.2 Å². The van der Waals surface area contributed by atoms with Crippen LogP contribution >= 0.6 is 0 Å². The van der Waals surface area contributed by atoms with Crippen molar-refractivity contribution in [2.24, 2.45) is 0 Å². The second-order valence-electron chi connectivity index (χ2n) is 6.21. The summed E-state index contributed by atoms with van der Waals surface area (Å²) < 4.78 is 5.08. The lowest BCUT2D eigenvalue weighted by Gasteiger charge is -2.21. The molecule has 0 atom stereocenters. The molecule has 2 N–H and O–H groups in total. The Labute approximate surface area is 159 Å². The molecular weight excluding hydrogens is 344 g/mol. The third-order valence-electron chi connectivity index (χ3n) is 4.11. The van der Waals surface area contributed by atoms with Crippen molar-refractivity contribution in [2.45, 2.75) is 26.7 Å². The number of aromatic hydroxyl groups is 1. The third-order valence-corrected chi connectivity index (χ3v) is 4.11. The van der Waals surface area contributed by atoms with E-state index in [1.54, 1.807) is 30.3 Å². The van der Waals surface area contributed by atoms with Gasteiger partial charge in [-0.1, -0.05) is 13.8 Å². The quantitative estimate of drug-likeness (QED) is 0.738. The number of nitrogens with zero attached hydrogens (tertiary/aromatic N) is 1. The number of rotatable bonds is 8. The minimum absolute atomic E-state index is 0.0120. The normalized spacial score (nSPS) is 10.3. The van der Waals surface area contributed by atoms with Crippen LogP contribution in [0.2, 0.25) is 0 Å². The Hall–Kier alpha value is -3.02. The molecule has 2 rings (SSSR count). The van der Waals surface area contributed by atoms with Gasteiger partial charge in [-0.25, -0.2) is 0 Å². The number of nitrogens with one attached hydrogen (secondary N) is 1. The molecule has 0 saturated heterocycles. The van der Waals surface area contributed by atoms with Crippen molar-refractivity contribution in [2.75, 3.05) is 25.5 Å². The molecule has 0 saturated carbocycles. The van der Waals surface area contributed by atoms with Crippen LogP contribution in [0.4, 0.5) is 5.69 Å². The van der Waals surface area contributed by atoms with Gasteiger partial charge in [0, 0.05) is 24.3 Å². The van der Waals surface area contributed by atoms with Crippen LogP contribution in [0.3, 0.4) is 0 Å². The molecule has 2 aromatic carbocycles. The predicted octanol–water partition coefficient (Wildman–Crippen LogP) is 3.92. The fourth-order valence-corrected chi connectivity index (χ4v) is 2.76. The van der Waals surface area contributed by atoms with Gasteiger partial charge in [0.2, 0.25) is 0 Å². The summed E-state index contributed by atoms with van der Waals surface area (Å²) in [5.74, 6) is -0.119. The maximum Gasteiger partial charge on any atom is 0.259 e. The smallest absolute Gasteiger partial charge is 0.259 e. The SMILES string of the molecule is CCCN(CCC)C(=O)c1ccc(NC(=O)c2cc(OC)ccc2O)cc1. The van der Waals surface area contributed by atoms with E-state index in [9.17, 15) is 14.7 Å². The molecule has 2 aromatic rings. The molecule has 0 spiro atoms. The molecule has 144 valence electrons. The second kappa shape index (κ2) is 9.62.